The zero-order chi connectivity index (χ0) is 14.0. The van der Waals surface area contributed by atoms with Crippen molar-refractivity contribution >= 4 is 39.1 Å². The van der Waals surface area contributed by atoms with E-state index in [0.29, 0.717) is 13.0 Å². The zero-order valence-corrected chi connectivity index (χ0v) is 13.4. The second kappa shape index (κ2) is 6.05. The molecule has 4 nitrogen and oxygen atoms in total. The lowest BCUT2D eigenvalue weighted by molar-refractivity contribution is -0.149. The molecule has 1 N–H and O–H groups in total. The van der Waals surface area contributed by atoms with Crippen LogP contribution in [0.15, 0.2) is 15.9 Å². The number of carbonyl (C=O) groups is 2. The summed E-state index contributed by atoms with van der Waals surface area (Å²) in [6.45, 7) is 4.28. The van der Waals surface area contributed by atoms with Crippen LogP contribution in [0.4, 0.5) is 0 Å². The van der Waals surface area contributed by atoms with E-state index in [2.05, 4.69) is 21.2 Å². The van der Waals surface area contributed by atoms with Crippen molar-refractivity contribution in [1.82, 2.24) is 10.2 Å². The number of halogens is 1. The number of rotatable bonds is 4. The van der Waals surface area contributed by atoms with Crippen molar-refractivity contribution in [1.29, 1.82) is 0 Å². The highest BCUT2D eigenvalue weighted by Gasteiger charge is 2.37. The van der Waals surface area contributed by atoms with Crippen molar-refractivity contribution in [3.05, 3.63) is 20.8 Å². The molecule has 104 valence electrons. The van der Waals surface area contributed by atoms with Gasteiger partial charge in [0.15, 0.2) is 0 Å². The Morgan fingerprint density at radius 1 is 1.47 bits per heavy atom. The Kier molecular flexibility index (Phi) is 4.62. The summed E-state index contributed by atoms with van der Waals surface area (Å²) in [5.41, 5.74) is 0. The molecule has 0 bridgehead atoms. The van der Waals surface area contributed by atoms with Gasteiger partial charge in [-0.05, 0) is 40.7 Å². The van der Waals surface area contributed by atoms with E-state index < -0.39 is 6.04 Å². The fraction of sp³-hybridized carbons (Fsp3) is 0.538. The molecule has 19 heavy (non-hydrogen) atoms. The van der Waals surface area contributed by atoms with E-state index in [9.17, 15) is 9.59 Å². The third kappa shape index (κ3) is 3.00. The normalized spacial score (nSPS) is 23.6. The van der Waals surface area contributed by atoms with Gasteiger partial charge in [0.05, 0.1) is 6.54 Å². The quantitative estimate of drug-likeness (QED) is 0.912. The van der Waals surface area contributed by atoms with Crippen molar-refractivity contribution in [2.75, 3.05) is 0 Å². The summed E-state index contributed by atoms with van der Waals surface area (Å²) >= 11 is 5.06. The summed E-state index contributed by atoms with van der Waals surface area (Å²) in [6, 6.07) is 1.19. The van der Waals surface area contributed by atoms with Gasteiger partial charge in [-0.15, -0.1) is 11.3 Å². The summed E-state index contributed by atoms with van der Waals surface area (Å²) < 4.78 is 0.996. The van der Waals surface area contributed by atoms with E-state index in [0.717, 1.165) is 15.8 Å². The number of carbonyl (C=O) groups excluding carboxylic acids is 2. The Morgan fingerprint density at radius 2 is 2.21 bits per heavy atom. The first-order valence-electron chi connectivity index (χ1n) is 6.37. The number of amides is 2. The first-order chi connectivity index (χ1) is 9.04. The van der Waals surface area contributed by atoms with Gasteiger partial charge in [-0.1, -0.05) is 13.3 Å². The predicted octanol–water partition coefficient (Wildman–Crippen LogP) is 2.53. The Bertz CT molecular complexity index is 489. The molecule has 0 saturated carbocycles. The topological polar surface area (TPSA) is 49.4 Å². The number of nitrogens with zero attached hydrogens (tertiary/aromatic N) is 1. The number of hydrogen-bond donors (Lipinski definition) is 1. The molecule has 2 heterocycles. The fourth-order valence-corrected chi connectivity index (χ4v) is 3.65. The Morgan fingerprint density at radius 3 is 2.79 bits per heavy atom. The molecular formula is C13H17BrN2O2S. The second-order valence-electron chi connectivity index (χ2n) is 4.68. The van der Waals surface area contributed by atoms with Crippen LogP contribution in [-0.2, 0) is 16.1 Å². The smallest absolute Gasteiger partial charge is 0.246 e. The molecule has 0 aliphatic carbocycles. The van der Waals surface area contributed by atoms with Gasteiger partial charge in [0.25, 0.3) is 0 Å². The van der Waals surface area contributed by atoms with Crippen LogP contribution >= 0.6 is 27.3 Å². The van der Waals surface area contributed by atoms with Gasteiger partial charge in [-0.3, -0.25) is 9.59 Å². The van der Waals surface area contributed by atoms with E-state index >= 15 is 0 Å². The van der Waals surface area contributed by atoms with Crippen LogP contribution < -0.4 is 5.32 Å². The molecule has 1 saturated heterocycles. The van der Waals surface area contributed by atoms with Crippen molar-refractivity contribution in [3.8, 4) is 0 Å². The van der Waals surface area contributed by atoms with Crippen LogP contribution in [0.5, 0.6) is 0 Å². The highest BCUT2D eigenvalue weighted by atomic mass is 79.9. The molecule has 1 aromatic heterocycles. The maximum Gasteiger partial charge on any atom is 0.246 e. The maximum absolute atomic E-state index is 12.4. The van der Waals surface area contributed by atoms with Gasteiger partial charge in [0.2, 0.25) is 11.8 Å². The second-order valence-corrected chi connectivity index (χ2v) is 6.54. The van der Waals surface area contributed by atoms with Crippen LogP contribution in [0.25, 0.3) is 0 Å². The molecule has 2 unspecified atom stereocenters. The summed E-state index contributed by atoms with van der Waals surface area (Å²) in [5, 5.41) is 4.78. The standard InChI is InChI=1S/C13H17BrN2O2S/c1-3-4-10-13(18)16(8(2)12(17)15-10)7-11-9(14)5-6-19-11/h5-6,8,10H,3-4,7H2,1-2H3,(H,15,17). The van der Waals surface area contributed by atoms with Gasteiger partial charge in [-0.2, -0.15) is 0 Å². The zero-order valence-electron chi connectivity index (χ0n) is 11.0. The number of thiophene rings is 1. The molecule has 1 aliphatic rings. The lowest BCUT2D eigenvalue weighted by Crippen LogP contribution is -2.61. The summed E-state index contributed by atoms with van der Waals surface area (Å²) in [4.78, 5) is 27.1. The lowest BCUT2D eigenvalue weighted by atomic mass is 10.0. The van der Waals surface area contributed by atoms with Gasteiger partial charge >= 0.3 is 0 Å². The highest BCUT2D eigenvalue weighted by molar-refractivity contribution is 9.10. The number of hydrogen-bond acceptors (Lipinski definition) is 3. The Labute approximate surface area is 125 Å². The average molecular weight is 345 g/mol. The first kappa shape index (κ1) is 14.5. The minimum absolute atomic E-state index is 0.0225. The van der Waals surface area contributed by atoms with Crippen molar-refractivity contribution < 1.29 is 9.59 Å². The van der Waals surface area contributed by atoms with Crippen LogP contribution in [0.2, 0.25) is 0 Å². The molecule has 0 aromatic carbocycles. The average Bonchev–Trinajstić information content (AvgIpc) is 2.77. The summed E-state index contributed by atoms with van der Waals surface area (Å²) in [6.07, 6.45) is 1.57. The Hall–Kier alpha value is -0.880. The Balaban J connectivity index is 2.18. The van der Waals surface area contributed by atoms with Crippen molar-refractivity contribution in [3.63, 3.8) is 0 Å². The van der Waals surface area contributed by atoms with Crippen LogP contribution in [0, 0.1) is 0 Å². The SMILES string of the molecule is CCCC1NC(=O)C(C)N(Cc2sccc2Br)C1=O. The first-order valence-corrected chi connectivity index (χ1v) is 8.04. The third-order valence-electron chi connectivity index (χ3n) is 3.33. The van der Waals surface area contributed by atoms with E-state index in [1.807, 2.05) is 18.4 Å². The van der Waals surface area contributed by atoms with Crippen LogP contribution in [0.1, 0.15) is 31.6 Å². The van der Waals surface area contributed by atoms with E-state index in [4.69, 9.17) is 0 Å². The van der Waals surface area contributed by atoms with Crippen LogP contribution in [-0.4, -0.2) is 28.8 Å². The molecule has 2 rings (SSSR count). The molecule has 1 aliphatic heterocycles. The molecule has 1 fully saturated rings. The monoisotopic (exact) mass is 344 g/mol. The van der Waals surface area contributed by atoms with Crippen LogP contribution in [0.3, 0.4) is 0 Å². The molecular weight excluding hydrogens is 328 g/mol. The van der Waals surface area contributed by atoms with E-state index in [-0.39, 0.29) is 17.9 Å². The fourth-order valence-electron chi connectivity index (χ4n) is 2.18. The maximum atomic E-state index is 12.4. The van der Waals surface area contributed by atoms with Crippen molar-refractivity contribution in [2.45, 2.75) is 45.3 Å². The van der Waals surface area contributed by atoms with Gasteiger partial charge in [0.1, 0.15) is 12.1 Å². The predicted molar refractivity (Wildman–Crippen MR) is 78.9 cm³/mol. The van der Waals surface area contributed by atoms with Gasteiger partial charge in [0, 0.05) is 9.35 Å². The summed E-state index contributed by atoms with van der Waals surface area (Å²) in [5.74, 6) is -0.0417. The number of piperazine rings is 1. The molecule has 6 heteroatoms. The van der Waals surface area contributed by atoms with E-state index in [1.165, 1.54) is 0 Å². The summed E-state index contributed by atoms with van der Waals surface area (Å²) in [7, 11) is 0. The molecule has 1 aromatic rings. The largest absolute Gasteiger partial charge is 0.343 e. The van der Waals surface area contributed by atoms with Crippen molar-refractivity contribution in [2.24, 2.45) is 0 Å². The van der Waals surface area contributed by atoms with Gasteiger partial charge in [-0.25, -0.2) is 0 Å². The minimum atomic E-state index is -0.408. The minimum Gasteiger partial charge on any atom is -0.343 e. The molecule has 0 radical (unpaired) electrons. The third-order valence-corrected chi connectivity index (χ3v) is 5.24. The molecule has 2 amide bonds. The lowest BCUT2D eigenvalue weighted by Gasteiger charge is -2.37. The van der Waals surface area contributed by atoms with E-state index in [1.54, 1.807) is 23.2 Å². The number of nitrogens with one attached hydrogen (secondary N) is 1. The highest BCUT2D eigenvalue weighted by Crippen LogP contribution is 2.26. The molecule has 2 atom stereocenters. The molecule has 0 spiro atoms. The van der Waals surface area contributed by atoms with Gasteiger partial charge < -0.3 is 10.2 Å².